The summed E-state index contributed by atoms with van der Waals surface area (Å²) in [4.78, 5) is 3.75. The summed E-state index contributed by atoms with van der Waals surface area (Å²) in [5.41, 5.74) is -0.788. The third-order valence-corrected chi connectivity index (χ3v) is 2.20. The summed E-state index contributed by atoms with van der Waals surface area (Å²) in [6.07, 6.45) is -3.03. The Kier molecular flexibility index (Phi) is 1.99. The highest BCUT2D eigenvalue weighted by Crippen LogP contribution is 2.28. The maximum atomic E-state index is 12.2. The van der Waals surface area contributed by atoms with E-state index < -0.39 is 11.9 Å². The lowest BCUT2D eigenvalue weighted by molar-refractivity contribution is -0.141. The minimum Gasteiger partial charge on any atom is -0.237 e. The lowest BCUT2D eigenvalue weighted by Gasteiger charge is -1.98. The van der Waals surface area contributed by atoms with Crippen LogP contribution < -0.4 is 0 Å². The van der Waals surface area contributed by atoms with Crippen molar-refractivity contribution < 1.29 is 13.2 Å². The average molecular weight is 266 g/mol. The normalized spacial score (nSPS) is 12.3. The van der Waals surface area contributed by atoms with Gasteiger partial charge in [-0.25, -0.2) is 9.50 Å². The van der Waals surface area contributed by atoms with Gasteiger partial charge in [-0.3, -0.25) is 0 Å². The molecule has 0 aliphatic rings. The van der Waals surface area contributed by atoms with Crippen molar-refractivity contribution in [3.8, 4) is 0 Å². The molecular weight excluding hydrogens is 263 g/mol. The zero-order valence-corrected chi connectivity index (χ0v) is 8.17. The van der Waals surface area contributed by atoms with Gasteiger partial charge < -0.3 is 0 Å². The predicted molar refractivity (Wildman–Crippen MR) is 45.7 cm³/mol. The zero-order valence-electron chi connectivity index (χ0n) is 6.59. The van der Waals surface area contributed by atoms with Crippen LogP contribution in [-0.4, -0.2) is 14.6 Å². The molecule has 3 nitrogen and oxygen atoms in total. The predicted octanol–water partition coefficient (Wildman–Crippen LogP) is 2.51. The molecule has 0 bridgehead atoms. The quantitative estimate of drug-likeness (QED) is 0.686. The molecular formula is C7H3BrF3N3. The van der Waals surface area contributed by atoms with Gasteiger partial charge in [-0.1, -0.05) is 0 Å². The standard InChI is InChI=1S/C7H3BrF3N3/c8-5-1-2-12-6-3-4(7(9,10)11)13-14(5)6/h1-3H. The van der Waals surface area contributed by atoms with E-state index in [2.05, 4.69) is 26.0 Å². The van der Waals surface area contributed by atoms with Gasteiger partial charge in [0.1, 0.15) is 4.60 Å². The Morgan fingerprint density at radius 3 is 2.64 bits per heavy atom. The van der Waals surface area contributed by atoms with Crippen LogP contribution in [0.5, 0.6) is 0 Å². The smallest absolute Gasteiger partial charge is 0.237 e. The van der Waals surface area contributed by atoms with Gasteiger partial charge in [0.15, 0.2) is 11.3 Å². The van der Waals surface area contributed by atoms with E-state index in [4.69, 9.17) is 0 Å². The molecule has 0 saturated carbocycles. The molecule has 7 heteroatoms. The van der Waals surface area contributed by atoms with Crippen LogP contribution in [0.4, 0.5) is 13.2 Å². The minimum absolute atomic E-state index is 0.159. The highest BCUT2D eigenvalue weighted by Gasteiger charge is 2.34. The van der Waals surface area contributed by atoms with Crippen LogP contribution in [0.2, 0.25) is 0 Å². The Hall–Kier alpha value is -1.11. The fourth-order valence-corrected chi connectivity index (χ4v) is 1.38. The fraction of sp³-hybridized carbons (Fsp3) is 0.143. The molecule has 0 fully saturated rings. The van der Waals surface area contributed by atoms with E-state index in [1.807, 2.05) is 0 Å². The SMILES string of the molecule is FC(F)(F)c1cc2nccc(Br)n2n1. The van der Waals surface area contributed by atoms with Crippen LogP contribution in [0.1, 0.15) is 5.69 Å². The van der Waals surface area contributed by atoms with Crippen molar-refractivity contribution in [1.82, 2.24) is 14.6 Å². The summed E-state index contributed by atoms with van der Waals surface area (Å²) in [5, 5.41) is 3.37. The molecule has 2 aromatic rings. The van der Waals surface area contributed by atoms with Crippen molar-refractivity contribution in [1.29, 1.82) is 0 Å². The molecule has 2 rings (SSSR count). The van der Waals surface area contributed by atoms with Crippen LogP contribution in [-0.2, 0) is 6.18 Å². The first kappa shape index (κ1) is 9.45. The number of hydrogen-bond donors (Lipinski definition) is 0. The monoisotopic (exact) mass is 265 g/mol. The van der Waals surface area contributed by atoms with Crippen LogP contribution in [0, 0.1) is 0 Å². The molecule has 0 aliphatic carbocycles. The van der Waals surface area contributed by atoms with E-state index in [1.165, 1.54) is 12.3 Å². The summed E-state index contributed by atoms with van der Waals surface area (Å²) < 4.78 is 38.2. The molecule has 0 unspecified atom stereocenters. The van der Waals surface area contributed by atoms with Crippen molar-refractivity contribution in [2.75, 3.05) is 0 Å². The van der Waals surface area contributed by atoms with Crippen LogP contribution >= 0.6 is 15.9 Å². The van der Waals surface area contributed by atoms with Crippen molar-refractivity contribution in [2.45, 2.75) is 6.18 Å². The highest BCUT2D eigenvalue weighted by molar-refractivity contribution is 9.10. The number of rotatable bonds is 0. The second kappa shape index (κ2) is 2.94. The summed E-state index contributed by atoms with van der Waals surface area (Å²) in [5.74, 6) is 0. The van der Waals surface area contributed by atoms with Gasteiger partial charge in [0, 0.05) is 12.3 Å². The minimum atomic E-state index is -4.44. The molecule has 14 heavy (non-hydrogen) atoms. The molecule has 74 valence electrons. The lowest BCUT2D eigenvalue weighted by atomic mass is 10.4. The van der Waals surface area contributed by atoms with Crippen molar-refractivity contribution in [3.63, 3.8) is 0 Å². The van der Waals surface area contributed by atoms with E-state index in [0.29, 0.717) is 4.60 Å². The van der Waals surface area contributed by atoms with Gasteiger partial charge in [0.2, 0.25) is 0 Å². The number of alkyl halides is 3. The third-order valence-electron chi connectivity index (χ3n) is 1.60. The molecule has 0 aliphatic heterocycles. The third kappa shape index (κ3) is 1.47. The first-order chi connectivity index (χ1) is 6.48. The highest BCUT2D eigenvalue weighted by atomic mass is 79.9. The van der Waals surface area contributed by atoms with Crippen LogP contribution in [0.25, 0.3) is 5.65 Å². The fourth-order valence-electron chi connectivity index (χ4n) is 1.00. The molecule has 0 spiro atoms. The lowest BCUT2D eigenvalue weighted by Crippen LogP contribution is -2.05. The molecule has 0 saturated heterocycles. The summed E-state index contributed by atoms with van der Waals surface area (Å²) >= 11 is 3.07. The molecule has 2 heterocycles. The number of aromatic nitrogens is 3. The first-order valence-corrected chi connectivity index (χ1v) is 4.35. The molecule has 0 atom stereocenters. The number of hydrogen-bond acceptors (Lipinski definition) is 2. The number of nitrogens with zero attached hydrogens (tertiary/aromatic N) is 3. The van der Waals surface area contributed by atoms with Crippen LogP contribution in [0.15, 0.2) is 22.9 Å². The Balaban J connectivity index is 2.69. The van der Waals surface area contributed by atoms with Gasteiger partial charge in [0.25, 0.3) is 0 Å². The summed E-state index contributed by atoms with van der Waals surface area (Å²) in [6.45, 7) is 0. The second-order valence-electron chi connectivity index (χ2n) is 2.56. The summed E-state index contributed by atoms with van der Waals surface area (Å²) in [6, 6.07) is 2.41. The van der Waals surface area contributed by atoms with E-state index in [1.54, 1.807) is 0 Å². The van der Waals surface area contributed by atoms with Gasteiger partial charge >= 0.3 is 6.18 Å². The van der Waals surface area contributed by atoms with Gasteiger partial charge in [-0.2, -0.15) is 18.3 Å². The number of halogens is 4. The Morgan fingerprint density at radius 2 is 2.07 bits per heavy atom. The van der Waals surface area contributed by atoms with Crippen LogP contribution in [0.3, 0.4) is 0 Å². The van der Waals surface area contributed by atoms with E-state index >= 15 is 0 Å². The maximum absolute atomic E-state index is 12.2. The molecule has 2 aromatic heterocycles. The molecule has 0 amide bonds. The maximum Gasteiger partial charge on any atom is 0.435 e. The molecule has 0 aromatic carbocycles. The average Bonchev–Trinajstić information content (AvgIpc) is 2.48. The van der Waals surface area contributed by atoms with E-state index in [9.17, 15) is 13.2 Å². The molecule has 0 radical (unpaired) electrons. The van der Waals surface area contributed by atoms with Gasteiger partial charge in [0.05, 0.1) is 0 Å². The summed E-state index contributed by atoms with van der Waals surface area (Å²) in [7, 11) is 0. The Morgan fingerprint density at radius 1 is 1.36 bits per heavy atom. The topological polar surface area (TPSA) is 30.2 Å². The largest absolute Gasteiger partial charge is 0.435 e. The Bertz CT molecular complexity index is 476. The second-order valence-corrected chi connectivity index (χ2v) is 3.38. The number of fused-ring (bicyclic) bond motifs is 1. The first-order valence-electron chi connectivity index (χ1n) is 3.56. The van der Waals surface area contributed by atoms with Crippen molar-refractivity contribution >= 4 is 21.6 Å². The Labute approximate surface area is 84.7 Å². The van der Waals surface area contributed by atoms with E-state index in [0.717, 1.165) is 10.6 Å². The van der Waals surface area contributed by atoms with Crippen molar-refractivity contribution in [2.24, 2.45) is 0 Å². The van der Waals surface area contributed by atoms with E-state index in [-0.39, 0.29) is 5.65 Å². The van der Waals surface area contributed by atoms with Gasteiger partial charge in [-0.15, -0.1) is 0 Å². The zero-order chi connectivity index (χ0) is 10.3. The van der Waals surface area contributed by atoms with Crippen molar-refractivity contribution in [3.05, 3.63) is 28.6 Å². The molecule has 0 N–H and O–H groups in total. The van der Waals surface area contributed by atoms with Gasteiger partial charge in [-0.05, 0) is 22.0 Å².